The van der Waals surface area contributed by atoms with Gasteiger partial charge in [-0.05, 0) is 37.7 Å². The molecule has 2 aliphatic rings. The molecule has 1 heterocycles. The first-order valence-electron chi connectivity index (χ1n) is 7.13. The van der Waals surface area contributed by atoms with Gasteiger partial charge < -0.3 is 10.6 Å². The van der Waals surface area contributed by atoms with E-state index in [2.05, 4.69) is 25.6 Å². The highest BCUT2D eigenvalue weighted by Crippen LogP contribution is 2.37. The molecule has 0 aromatic carbocycles. The topological polar surface area (TPSA) is 62.2 Å². The number of aliphatic imine (C=N–C) groups is 1. The maximum absolute atomic E-state index is 4.43. The average Bonchev–Trinajstić information content (AvgIpc) is 3.31. The van der Waals surface area contributed by atoms with E-state index in [0.29, 0.717) is 12.0 Å². The maximum Gasteiger partial charge on any atom is 0.191 e. The van der Waals surface area contributed by atoms with Gasteiger partial charge in [0.05, 0.1) is 0 Å². The Labute approximate surface area is 114 Å². The van der Waals surface area contributed by atoms with Crippen LogP contribution in [0.25, 0.3) is 0 Å². The van der Waals surface area contributed by atoms with Crippen LogP contribution in [-0.2, 0) is 6.42 Å². The summed E-state index contributed by atoms with van der Waals surface area (Å²) in [6, 6.07) is 0.632. The van der Waals surface area contributed by atoms with Crippen LogP contribution in [0.3, 0.4) is 0 Å². The van der Waals surface area contributed by atoms with Crippen molar-refractivity contribution >= 4 is 5.96 Å². The Morgan fingerprint density at radius 2 is 2.00 bits per heavy atom. The second-order valence-electron chi connectivity index (χ2n) is 5.39. The molecule has 2 fully saturated rings. The third-order valence-corrected chi connectivity index (χ3v) is 3.52. The molecule has 0 radical (unpaired) electrons. The number of hydrogen-bond donors (Lipinski definition) is 2. The molecule has 0 aliphatic heterocycles. The molecule has 1 aromatic heterocycles. The van der Waals surface area contributed by atoms with Crippen molar-refractivity contribution in [1.29, 1.82) is 0 Å². The first-order chi connectivity index (χ1) is 9.35. The Bertz CT molecular complexity index is 445. The van der Waals surface area contributed by atoms with Crippen LogP contribution in [-0.4, -0.2) is 35.6 Å². The summed E-state index contributed by atoms with van der Waals surface area (Å²) in [6.07, 6.45) is 9.87. The molecule has 0 bridgehead atoms. The Morgan fingerprint density at radius 3 is 2.58 bits per heavy atom. The smallest absolute Gasteiger partial charge is 0.191 e. The summed E-state index contributed by atoms with van der Waals surface area (Å²) in [6.45, 7) is 0.860. The molecule has 2 N–H and O–H groups in total. The van der Waals surface area contributed by atoms with Gasteiger partial charge in [-0.1, -0.05) is 0 Å². The molecule has 102 valence electrons. The van der Waals surface area contributed by atoms with E-state index in [1.54, 1.807) is 0 Å². The fraction of sp³-hybridized carbons (Fsp3) is 0.643. The van der Waals surface area contributed by atoms with Crippen molar-refractivity contribution in [2.45, 2.75) is 44.1 Å². The first kappa shape index (κ1) is 12.4. The van der Waals surface area contributed by atoms with E-state index >= 15 is 0 Å². The van der Waals surface area contributed by atoms with Gasteiger partial charge in [0.25, 0.3) is 0 Å². The summed E-state index contributed by atoms with van der Waals surface area (Å²) in [4.78, 5) is 13.1. The van der Waals surface area contributed by atoms with Crippen molar-refractivity contribution in [2.75, 3.05) is 13.6 Å². The number of nitrogens with zero attached hydrogens (tertiary/aromatic N) is 3. The molecule has 0 amide bonds. The quantitative estimate of drug-likeness (QED) is 0.616. The van der Waals surface area contributed by atoms with Crippen LogP contribution >= 0.6 is 0 Å². The zero-order valence-corrected chi connectivity index (χ0v) is 11.4. The van der Waals surface area contributed by atoms with Gasteiger partial charge in [0, 0.05) is 37.9 Å². The highest BCUT2D eigenvalue weighted by molar-refractivity contribution is 5.80. The standard InChI is InChI=1S/C14H21N5/c1-15-14(19-12-4-5-12)16-7-6-10-8-17-13(18-9-10)11-2-3-11/h8-9,11-12H,2-7H2,1H3,(H2,15,16,19). The van der Waals surface area contributed by atoms with Crippen molar-refractivity contribution in [3.63, 3.8) is 0 Å². The van der Waals surface area contributed by atoms with Crippen molar-refractivity contribution in [2.24, 2.45) is 4.99 Å². The SMILES string of the molecule is CN=C(NCCc1cnc(C2CC2)nc1)NC1CC1. The van der Waals surface area contributed by atoms with E-state index in [-0.39, 0.29) is 0 Å². The van der Waals surface area contributed by atoms with E-state index in [1.165, 1.54) is 31.2 Å². The summed E-state index contributed by atoms with van der Waals surface area (Å²) in [7, 11) is 1.81. The summed E-state index contributed by atoms with van der Waals surface area (Å²) >= 11 is 0. The molecule has 19 heavy (non-hydrogen) atoms. The van der Waals surface area contributed by atoms with Crippen molar-refractivity contribution < 1.29 is 0 Å². The lowest BCUT2D eigenvalue weighted by Crippen LogP contribution is -2.39. The third kappa shape index (κ3) is 3.66. The monoisotopic (exact) mass is 259 g/mol. The molecular formula is C14H21N5. The maximum atomic E-state index is 4.43. The minimum Gasteiger partial charge on any atom is -0.356 e. The lowest BCUT2D eigenvalue weighted by atomic mass is 10.2. The van der Waals surface area contributed by atoms with Crippen molar-refractivity contribution in [1.82, 2.24) is 20.6 Å². The molecule has 5 heteroatoms. The summed E-state index contributed by atoms with van der Waals surface area (Å²) in [5.74, 6) is 2.55. The molecule has 1 aromatic rings. The average molecular weight is 259 g/mol. The largest absolute Gasteiger partial charge is 0.356 e. The summed E-state index contributed by atoms with van der Waals surface area (Å²) in [5.41, 5.74) is 1.18. The second kappa shape index (κ2) is 5.55. The molecular weight excluding hydrogens is 238 g/mol. The first-order valence-corrected chi connectivity index (χ1v) is 7.13. The van der Waals surface area contributed by atoms with Crippen molar-refractivity contribution in [3.05, 3.63) is 23.8 Å². The van der Waals surface area contributed by atoms with Gasteiger partial charge in [0.1, 0.15) is 5.82 Å². The van der Waals surface area contributed by atoms with Gasteiger partial charge in [-0.15, -0.1) is 0 Å². The number of hydrogen-bond acceptors (Lipinski definition) is 3. The highest BCUT2D eigenvalue weighted by atomic mass is 15.2. The van der Waals surface area contributed by atoms with Crippen LogP contribution in [0.1, 0.15) is 43.0 Å². The Hall–Kier alpha value is -1.65. The Morgan fingerprint density at radius 1 is 1.26 bits per heavy atom. The van der Waals surface area contributed by atoms with Crippen LogP contribution in [0.15, 0.2) is 17.4 Å². The highest BCUT2D eigenvalue weighted by Gasteiger charge is 2.26. The predicted molar refractivity (Wildman–Crippen MR) is 75.2 cm³/mol. The molecule has 2 aliphatic carbocycles. The normalized spacial score (nSPS) is 19.3. The molecule has 0 atom stereocenters. The van der Waals surface area contributed by atoms with Crippen molar-refractivity contribution in [3.8, 4) is 0 Å². The van der Waals surface area contributed by atoms with Crippen LogP contribution in [0.4, 0.5) is 0 Å². The molecule has 3 rings (SSSR count). The summed E-state index contributed by atoms with van der Waals surface area (Å²) in [5, 5.41) is 6.69. The second-order valence-corrected chi connectivity index (χ2v) is 5.39. The van der Waals surface area contributed by atoms with Crippen LogP contribution in [0, 0.1) is 0 Å². The Kier molecular flexibility index (Phi) is 3.62. The summed E-state index contributed by atoms with van der Waals surface area (Å²) < 4.78 is 0. The fourth-order valence-corrected chi connectivity index (χ4v) is 1.99. The molecule has 0 spiro atoms. The van der Waals surface area contributed by atoms with Gasteiger partial charge in [0.15, 0.2) is 5.96 Å². The number of rotatable bonds is 5. The Balaban J connectivity index is 1.43. The lowest BCUT2D eigenvalue weighted by molar-refractivity contribution is 0.784. The van der Waals surface area contributed by atoms with Gasteiger partial charge in [-0.2, -0.15) is 0 Å². The third-order valence-electron chi connectivity index (χ3n) is 3.52. The van der Waals surface area contributed by atoms with E-state index in [1.807, 2.05) is 19.4 Å². The molecule has 0 saturated heterocycles. The number of guanidine groups is 1. The number of nitrogens with one attached hydrogen (secondary N) is 2. The fourth-order valence-electron chi connectivity index (χ4n) is 1.99. The molecule has 0 unspecified atom stereocenters. The van der Waals surface area contributed by atoms with Gasteiger partial charge >= 0.3 is 0 Å². The zero-order chi connectivity index (χ0) is 13.1. The van der Waals surface area contributed by atoms with Crippen LogP contribution < -0.4 is 10.6 Å². The van der Waals surface area contributed by atoms with Crippen LogP contribution in [0.2, 0.25) is 0 Å². The van der Waals surface area contributed by atoms with Gasteiger partial charge in [0.2, 0.25) is 0 Å². The van der Waals surface area contributed by atoms with Crippen LogP contribution in [0.5, 0.6) is 0 Å². The molecule has 5 nitrogen and oxygen atoms in total. The number of aromatic nitrogens is 2. The van der Waals surface area contributed by atoms with E-state index in [4.69, 9.17) is 0 Å². The zero-order valence-electron chi connectivity index (χ0n) is 11.4. The van der Waals surface area contributed by atoms with E-state index in [0.717, 1.165) is 24.7 Å². The van der Waals surface area contributed by atoms with E-state index in [9.17, 15) is 0 Å². The van der Waals surface area contributed by atoms with Gasteiger partial charge in [-0.25, -0.2) is 9.97 Å². The molecule has 2 saturated carbocycles. The minimum atomic E-state index is 0.632. The van der Waals surface area contributed by atoms with E-state index < -0.39 is 0 Å². The minimum absolute atomic E-state index is 0.632. The van der Waals surface area contributed by atoms with Gasteiger partial charge in [-0.3, -0.25) is 4.99 Å². The predicted octanol–water partition coefficient (Wildman–Crippen LogP) is 1.22. The lowest BCUT2D eigenvalue weighted by Gasteiger charge is -2.10.